The van der Waals surface area contributed by atoms with Crippen molar-refractivity contribution in [1.29, 1.82) is 0 Å². The Balaban J connectivity index is 1.51. The van der Waals surface area contributed by atoms with Crippen LogP contribution in [0.4, 0.5) is 0 Å². The molecule has 0 saturated carbocycles. The largest absolute Gasteiger partial charge is 0.337 e. The summed E-state index contributed by atoms with van der Waals surface area (Å²) in [5.41, 5.74) is 0.627. The first kappa shape index (κ1) is 18.6. The van der Waals surface area contributed by atoms with Gasteiger partial charge < -0.3 is 4.90 Å². The van der Waals surface area contributed by atoms with Crippen molar-refractivity contribution >= 4 is 26.7 Å². The number of fused-ring (bicyclic) bond motifs is 1. The van der Waals surface area contributed by atoms with Crippen molar-refractivity contribution in [2.45, 2.75) is 11.3 Å². The van der Waals surface area contributed by atoms with Crippen LogP contribution >= 0.6 is 0 Å². The van der Waals surface area contributed by atoms with Gasteiger partial charge in [-0.15, -0.1) is 0 Å². The molecule has 0 atom stereocenters. The number of aryl methyl sites for hydroxylation is 1. The van der Waals surface area contributed by atoms with Crippen LogP contribution in [0.1, 0.15) is 16.8 Å². The second-order valence-electron chi connectivity index (χ2n) is 6.96. The lowest BCUT2D eigenvalue weighted by Crippen LogP contribution is -2.37. The maximum Gasteiger partial charge on any atom is 0.253 e. The van der Waals surface area contributed by atoms with Gasteiger partial charge in [0.2, 0.25) is 10.0 Å². The van der Waals surface area contributed by atoms with Crippen LogP contribution in [0.5, 0.6) is 0 Å². The summed E-state index contributed by atoms with van der Waals surface area (Å²) in [7, 11) is -1.91. The minimum absolute atomic E-state index is 0.0635. The highest BCUT2D eigenvalue weighted by Gasteiger charge is 2.29. The van der Waals surface area contributed by atoms with Crippen LogP contribution in [-0.2, 0) is 17.1 Å². The number of carbonyl (C=O) groups is 1. The summed E-state index contributed by atoms with van der Waals surface area (Å²) in [6.45, 7) is 1.56. The number of benzene rings is 2. The maximum absolute atomic E-state index is 13.0. The summed E-state index contributed by atoms with van der Waals surface area (Å²) in [6, 6.07) is 13.6. The molecule has 8 heteroatoms. The highest BCUT2D eigenvalue weighted by molar-refractivity contribution is 7.89. The Morgan fingerprint density at radius 1 is 1.00 bits per heavy atom. The average Bonchev–Trinajstić information content (AvgIpc) is 2.99. The van der Waals surface area contributed by atoms with Gasteiger partial charge in [0.05, 0.1) is 6.20 Å². The fourth-order valence-corrected chi connectivity index (χ4v) is 4.98. The van der Waals surface area contributed by atoms with Crippen molar-refractivity contribution in [2.75, 3.05) is 26.2 Å². The van der Waals surface area contributed by atoms with E-state index in [0.29, 0.717) is 31.6 Å². The molecule has 0 aliphatic carbocycles. The topological polar surface area (TPSA) is 75.5 Å². The second-order valence-corrected chi connectivity index (χ2v) is 8.90. The number of rotatable bonds is 3. The third-order valence-corrected chi connectivity index (χ3v) is 6.91. The number of hydrogen-bond acceptors (Lipinski definition) is 4. The van der Waals surface area contributed by atoms with Crippen LogP contribution in [0.3, 0.4) is 0 Å². The molecule has 1 aromatic heterocycles. The Labute approximate surface area is 164 Å². The Morgan fingerprint density at radius 3 is 2.54 bits per heavy atom. The monoisotopic (exact) mass is 398 g/mol. The quantitative estimate of drug-likeness (QED) is 0.677. The van der Waals surface area contributed by atoms with Gasteiger partial charge in [-0.1, -0.05) is 30.3 Å². The van der Waals surface area contributed by atoms with Gasteiger partial charge in [-0.05, 0) is 29.3 Å². The first-order valence-electron chi connectivity index (χ1n) is 9.22. The number of amides is 1. The molecule has 4 rings (SSSR count). The van der Waals surface area contributed by atoms with Crippen molar-refractivity contribution in [3.05, 3.63) is 60.4 Å². The molecule has 1 amide bonds. The molecule has 0 spiro atoms. The van der Waals surface area contributed by atoms with E-state index in [1.165, 1.54) is 21.4 Å². The van der Waals surface area contributed by atoms with Crippen LogP contribution in [0.15, 0.2) is 59.8 Å². The van der Waals surface area contributed by atoms with E-state index in [2.05, 4.69) is 5.10 Å². The van der Waals surface area contributed by atoms with Gasteiger partial charge in [0.1, 0.15) is 4.90 Å². The number of nitrogens with zero attached hydrogens (tertiary/aromatic N) is 4. The average molecular weight is 398 g/mol. The van der Waals surface area contributed by atoms with Crippen LogP contribution in [0, 0.1) is 0 Å². The molecule has 1 fully saturated rings. The Bertz CT molecular complexity index is 1120. The Hall–Kier alpha value is -2.71. The first-order valence-corrected chi connectivity index (χ1v) is 10.7. The molecule has 0 N–H and O–H groups in total. The summed E-state index contributed by atoms with van der Waals surface area (Å²) in [4.78, 5) is 14.9. The van der Waals surface area contributed by atoms with Gasteiger partial charge in [0.25, 0.3) is 5.91 Å². The lowest BCUT2D eigenvalue weighted by Gasteiger charge is -2.21. The van der Waals surface area contributed by atoms with E-state index in [1.54, 1.807) is 11.9 Å². The molecule has 1 aliphatic heterocycles. The summed E-state index contributed by atoms with van der Waals surface area (Å²) in [5, 5.41) is 6.06. The zero-order valence-electron chi connectivity index (χ0n) is 15.7. The van der Waals surface area contributed by atoms with Gasteiger partial charge in [-0.25, -0.2) is 8.42 Å². The molecule has 2 aromatic carbocycles. The van der Waals surface area contributed by atoms with Crippen LogP contribution in [-0.4, -0.2) is 59.5 Å². The molecular formula is C20H22N4O3S. The molecule has 2 heterocycles. The smallest absolute Gasteiger partial charge is 0.253 e. The number of carbonyl (C=O) groups excluding carboxylic acids is 1. The van der Waals surface area contributed by atoms with Crippen LogP contribution in [0.25, 0.3) is 10.8 Å². The third-order valence-electron chi connectivity index (χ3n) is 5.06. The Kier molecular flexibility index (Phi) is 4.91. The van der Waals surface area contributed by atoms with E-state index in [0.717, 1.165) is 10.8 Å². The van der Waals surface area contributed by atoms with E-state index in [1.807, 2.05) is 42.5 Å². The Morgan fingerprint density at radius 2 is 1.79 bits per heavy atom. The van der Waals surface area contributed by atoms with Crippen molar-refractivity contribution in [2.24, 2.45) is 7.05 Å². The van der Waals surface area contributed by atoms with E-state index in [9.17, 15) is 13.2 Å². The predicted molar refractivity (Wildman–Crippen MR) is 106 cm³/mol. The lowest BCUT2D eigenvalue weighted by molar-refractivity contribution is 0.0764. The van der Waals surface area contributed by atoms with E-state index in [4.69, 9.17) is 0 Å². The van der Waals surface area contributed by atoms with Crippen molar-refractivity contribution in [3.63, 3.8) is 0 Å². The third kappa shape index (κ3) is 3.53. The van der Waals surface area contributed by atoms with Crippen molar-refractivity contribution in [1.82, 2.24) is 19.0 Å². The zero-order chi connectivity index (χ0) is 19.7. The number of hydrogen-bond donors (Lipinski definition) is 0. The standard InChI is InChI=1S/C20H22N4O3S/c1-22-15-19(14-21-22)28(26,27)24-10-4-9-23(11-12-24)20(25)18-8-7-16-5-2-3-6-17(16)13-18/h2-3,5-8,13-15H,4,9-12H2,1H3. The molecule has 0 radical (unpaired) electrons. The van der Waals surface area contributed by atoms with E-state index < -0.39 is 10.0 Å². The molecule has 0 unspecified atom stereocenters. The summed E-state index contributed by atoms with van der Waals surface area (Å²) >= 11 is 0. The highest BCUT2D eigenvalue weighted by atomic mass is 32.2. The minimum Gasteiger partial charge on any atom is -0.337 e. The van der Waals surface area contributed by atoms with Crippen LogP contribution in [0.2, 0.25) is 0 Å². The van der Waals surface area contributed by atoms with Gasteiger partial charge >= 0.3 is 0 Å². The molecule has 1 aliphatic rings. The van der Waals surface area contributed by atoms with E-state index in [-0.39, 0.29) is 17.3 Å². The zero-order valence-corrected chi connectivity index (χ0v) is 16.5. The summed E-state index contributed by atoms with van der Waals surface area (Å²) in [6.07, 6.45) is 3.45. The van der Waals surface area contributed by atoms with Crippen LogP contribution < -0.4 is 0 Å². The molecule has 28 heavy (non-hydrogen) atoms. The normalized spacial score (nSPS) is 16.2. The van der Waals surface area contributed by atoms with Crippen molar-refractivity contribution < 1.29 is 13.2 Å². The second kappa shape index (κ2) is 7.37. The number of aromatic nitrogens is 2. The van der Waals surface area contributed by atoms with Gasteiger partial charge in [-0.2, -0.15) is 9.40 Å². The highest BCUT2D eigenvalue weighted by Crippen LogP contribution is 2.20. The molecule has 3 aromatic rings. The molecule has 7 nitrogen and oxygen atoms in total. The summed E-state index contributed by atoms with van der Waals surface area (Å²) < 4.78 is 28.5. The molecule has 146 valence electrons. The maximum atomic E-state index is 13.0. The van der Waals surface area contributed by atoms with Crippen molar-refractivity contribution in [3.8, 4) is 0 Å². The molecular weight excluding hydrogens is 376 g/mol. The first-order chi connectivity index (χ1) is 13.4. The van der Waals surface area contributed by atoms with Gasteiger partial charge in [-0.3, -0.25) is 9.48 Å². The fraction of sp³-hybridized carbons (Fsp3) is 0.300. The molecule has 0 bridgehead atoms. The lowest BCUT2D eigenvalue weighted by atomic mass is 10.1. The van der Waals surface area contributed by atoms with Gasteiger partial charge in [0.15, 0.2) is 0 Å². The number of sulfonamides is 1. The molecule has 1 saturated heterocycles. The van der Waals surface area contributed by atoms with E-state index >= 15 is 0 Å². The van der Waals surface area contributed by atoms with Gasteiger partial charge in [0, 0.05) is 45.0 Å². The summed E-state index contributed by atoms with van der Waals surface area (Å²) in [5.74, 6) is -0.0635. The SMILES string of the molecule is Cn1cc(S(=O)(=O)N2CCCN(C(=O)c3ccc4ccccc4c3)CC2)cn1. The fourth-order valence-electron chi connectivity index (χ4n) is 3.52. The predicted octanol–water partition coefficient (Wildman–Crippen LogP) is 2.11. The minimum atomic E-state index is -3.60.